The van der Waals surface area contributed by atoms with Gasteiger partial charge in [0, 0.05) is 5.56 Å². The van der Waals surface area contributed by atoms with E-state index < -0.39 is 0 Å². The van der Waals surface area contributed by atoms with E-state index in [9.17, 15) is 0 Å². The van der Waals surface area contributed by atoms with Crippen LogP contribution in [-0.2, 0) is 6.42 Å². The first kappa shape index (κ1) is 13.2. The predicted molar refractivity (Wildman–Crippen MR) is 60.2 cm³/mol. The molecule has 0 aliphatic rings. The van der Waals surface area contributed by atoms with Gasteiger partial charge in [0.25, 0.3) is 0 Å². The Kier molecular flexibility index (Phi) is 5.18. The van der Waals surface area contributed by atoms with Crippen LogP contribution in [0.25, 0.3) is 0 Å². The summed E-state index contributed by atoms with van der Waals surface area (Å²) < 4.78 is 4.72. The zero-order chi connectivity index (χ0) is 10.6. The summed E-state index contributed by atoms with van der Waals surface area (Å²) in [5.41, 5.74) is 16.5. The molecule has 1 rings (SSSR count). The first-order chi connectivity index (χ1) is 6.63. The number of rotatable bonds is 2. The number of hydrogen-bond acceptors (Lipinski definition) is 3. The van der Waals surface area contributed by atoms with Crippen molar-refractivity contribution in [2.24, 2.45) is 27.2 Å². The van der Waals surface area contributed by atoms with E-state index in [4.69, 9.17) is 21.7 Å². The van der Waals surface area contributed by atoms with Crippen LogP contribution in [0, 0.1) is 0 Å². The van der Waals surface area contributed by atoms with Crippen LogP contribution >= 0.6 is 12.4 Å². The highest BCUT2D eigenvalue weighted by Crippen LogP contribution is 2.16. The van der Waals surface area contributed by atoms with Crippen LogP contribution in [0.3, 0.4) is 0 Å². The highest BCUT2D eigenvalue weighted by Gasteiger charge is 2.04. The number of nitrogens with zero attached hydrogens (tertiary/aromatic N) is 3. The van der Waals surface area contributed by atoms with Gasteiger partial charge in [-0.1, -0.05) is 12.1 Å². The van der Waals surface area contributed by atoms with E-state index in [2.05, 4.69) is 15.1 Å². The standard InChI is InChI=1S/C7H12N6O.ClH/c1-2-4-3-14-13-5(4)11-7(10)12-6(8)9;/h3H,2H2,1H3,(H6,8,9,10,11,12,13);1H. The van der Waals surface area contributed by atoms with E-state index >= 15 is 0 Å². The normalized spacial score (nSPS) is 10.6. The molecule has 8 heteroatoms. The quantitative estimate of drug-likeness (QED) is 0.484. The summed E-state index contributed by atoms with van der Waals surface area (Å²) in [6.07, 6.45) is 2.25. The second kappa shape index (κ2) is 5.86. The Morgan fingerprint density at radius 2 is 2.13 bits per heavy atom. The van der Waals surface area contributed by atoms with E-state index in [0.717, 1.165) is 12.0 Å². The lowest BCUT2D eigenvalue weighted by Crippen LogP contribution is -2.26. The first-order valence-electron chi connectivity index (χ1n) is 4.00. The molecule has 0 spiro atoms. The third-order valence-corrected chi connectivity index (χ3v) is 1.47. The van der Waals surface area contributed by atoms with Gasteiger partial charge in [0.15, 0.2) is 5.96 Å². The zero-order valence-corrected chi connectivity index (χ0v) is 8.99. The SMILES string of the molecule is CCc1conc1N=C(N)N=C(N)N.Cl. The third-order valence-electron chi connectivity index (χ3n) is 1.47. The summed E-state index contributed by atoms with van der Waals surface area (Å²) in [4.78, 5) is 7.42. The highest BCUT2D eigenvalue weighted by atomic mass is 35.5. The van der Waals surface area contributed by atoms with Crippen molar-refractivity contribution in [2.45, 2.75) is 13.3 Å². The maximum absolute atomic E-state index is 5.41. The van der Waals surface area contributed by atoms with Gasteiger partial charge in [-0.2, -0.15) is 9.98 Å². The minimum absolute atomic E-state index is 0. The molecule has 1 aromatic heterocycles. The maximum Gasteiger partial charge on any atom is 0.225 e. The molecule has 15 heavy (non-hydrogen) atoms. The van der Waals surface area contributed by atoms with E-state index in [1.807, 2.05) is 6.92 Å². The molecule has 84 valence electrons. The van der Waals surface area contributed by atoms with E-state index in [0.29, 0.717) is 5.82 Å². The van der Waals surface area contributed by atoms with Crippen molar-refractivity contribution in [1.82, 2.24) is 5.16 Å². The Balaban J connectivity index is 0.00000196. The van der Waals surface area contributed by atoms with Crippen molar-refractivity contribution in [3.05, 3.63) is 11.8 Å². The van der Waals surface area contributed by atoms with Gasteiger partial charge in [0.2, 0.25) is 11.8 Å². The van der Waals surface area contributed by atoms with Gasteiger partial charge in [-0.3, -0.25) is 0 Å². The molecule has 0 saturated heterocycles. The molecule has 0 bridgehead atoms. The molecular weight excluding hydrogens is 220 g/mol. The summed E-state index contributed by atoms with van der Waals surface area (Å²) in [6.45, 7) is 1.95. The predicted octanol–water partition coefficient (Wildman–Crippen LogP) is -0.122. The summed E-state index contributed by atoms with van der Waals surface area (Å²) in [5.74, 6) is 0.205. The van der Waals surface area contributed by atoms with Crippen molar-refractivity contribution in [2.75, 3.05) is 0 Å². The number of aliphatic imine (C=N–C) groups is 2. The van der Waals surface area contributed by atoms with Gasteiger partial charge in [-0.25, -0.2) is 0 Å². The smallest absolute Gasteiger partial charge is 0.225 e. The fourth-order valence-corrected chi connectivity index (χ4v) is 0.851. The number of aryl methyl sites for hydroxylation is 1. The van der Waals surface area contributed by atoms with E-state index in [1.54, 1.807) is 0 Å². The number of nitrogens with two attached hydrogens (primary N) is 3. The molecule has 0 saturated carbocycles. The molecule has 1 aromatic rings. The molecule has 0 unspecified atom stereocenters. The van der Waals surface area contributed by atoms with Crippen molar-refractivity contribution < 1.29 is 4.52 Å². The zero-order valence-electron chi connectivity index (χ0n) is 8.17. The fourth-order valence-electron chi connectivity index (χ4n) is 0.851. The summed E-state index contributed by atoms with van der Waals surface area (Å²) in [6, 6.07) is 0. The van der Waals surface area contributed by atoms with Crippen molar-refractivity contribution >= 4 is 30.1 Å². The molecule has 6 N–H and O–H groups in total. The summed E-state index contributed by atoms with van der Waals surface area (Å²) >= 11 is 0. The van der Waals surface area contributed by atoms with Crippen LogP contribution in [0.15, 0.2) is 20.8 Å². The Morgan fingerprint density at radius 3 is 2.67 bits per heavy atom. The number of guanidine groups is 2. The average molecular weight is 233 g/mol. The molecule has 0 aromatic carbocycles. The Morgan fingerprint density at radius 1 is 1.47 bits per heavy atom. The van der Waals surface area contributed by atoms with Gasteiger partial charge in [0.05, 0.1) is 0 Å². The van der Waals surface area contributed by atoms with E-state index in [-0.39, 0.29) is 24.3 Å². The fraction of sp³-hybridized carbons (Fsp3) is 0.286. The average Bonchev–Trinajstić information content (AvgIpc) is 2.50. The number of halogens is 1. The van der Waals surface area contributed by atoms with E-state index in [1.165, 1.54) is 6.26 Å². The second-order valence-corrected chi connectivity index (χ2v) is 2.52. The highest BCUT2D eigenvalue weighted by molar-refractivity contribution is 5.93. The van der Waals surface area contributed by atoms with Crippen molar-refractivity contribution in [3.8, 4) is 0 Å². The van der Waals surface area contributed by atoms with Crippen molar-refractivity contribution in [1.29, 1.82) is 0 Å². The lowest BCUT2D eigenvalue weighted by atomic mass is 10.3. The monoisotopic (exact) mass is 232 g/mol. The third kappa shape index (κ3) is 3.86. The molecule has 0 amide bonds. The van der Waals surface area contributed by atoms with Gasteiger partial charge in [-0.05, 0) is 6.42 Å². The van der Waals surface area contributed by atoms with Gasteiger partial charge in [0.1, 0.15) is 6.26 Å². The lowest BCUT2D eigenvalue weighted by Gasteiger charge is -1.93. The van der Waals surface area contributed by atoms with Crippen LogP contribution in [0.4, 0.5) is 5.82 Å². The molecule has 0 atom stereocenters. The largest absolute Gasteiger partial charge is 0.370 e. The van der Waals surface area contributed by atoms with Gasteiger partial charge >= 0.3 is 0 Å². The van der Waals surface area contributed by atoms with Crippen LogP contribution in [0.5, 0.6) is 0 Å². The minimum atomic E-state index is -0.146. The molecule has 7 nitrogen and oxygen atoms in total. The number of hydrogen-bond donors (Lipinski definition) is 3. The van der Waals surface area contributed by atoms with Crippen LogP contribution in [0.2, 0.25) is 0 Å². The number of aromatic nitrogens is 1. The maximum atomic E-state index is 5.41. The lowest BCUT2D eigenvalue weighted by molar-refractivity contribution is 0.421. The molecule has 1 heterocycles. The topological polar surface area (TPSA) is 129 Å². The molecule has 0 radical (unpaired) electrons. The summed E-state index contributed by atoms with van der Waals surface area (Å²) in [5, 5.41) is 3.64. The summed E-state index contributed by atoms with van der Waals surface area (Å²) in [7, 11) is 0. The molecular formula is C7H13ClN6O. The minimum Gasteiger partial charge on any atom is -0.370 e. The molecule has 0 aliphatic carbocycles. The molecule has 0 fully saturated rings. The second-order valence-electron chi connectivity index (χ2n) is 2.52. The first-order valence-corrected chi connectivity index (χ1v) is 4.00. The Labute approximate surface area is 92.8 Å². The van der Waals surface area contributed by atoms with Gasteiger partial charge in [-0.15, -0.1) is 12.4 Å². The van der Waals surface area contributed by atoms with Crippen molar-refractivity contribution in [3.63, 3.8) is 0 Å². The van der Waals surface area contributed by atoms with Gasteiger partial charge < -0.3 is 21.7 Å². The Hall–Kier alpha value is -1.76. The van der Waals surface area contributed by atoms with Crippen LogP contribution in [0.1, 0.15) is 12.5 Å². The molecule has 0 aliphatic heterocycles. The van der Waals surface area contributed by atoms with Crippen LogP contribution < -0.4 is 17.2 Å². The Bertz CT molecular complexity index is 367. The van der Waals surface area contributed by atoms with Crippen LogP contribution in [-0.4, -0.2) is 17.1 Å².